The number of hydrogen-bond acceptors (Lipinski definition) is 4. The standard InChI is InChI=1S/C22H19F3N4O3/c1-32-12-16-19(13-5-3-2-4-6-13)20-27-18(30)11-17(29(20)28-16)21(31)26-15-9-7-14(8-10-15)22(23,24)25/h2-10,17H,11-12H2,1H3,(H,26,31)(H,27,30)/t17-/m0/s1. The lowest BCUT2D eigenvalue weighted by Gasteiger charge is -2.24. The van der Waals surface area contributed by atoms with E-state index in [1.807, 2.05) is 30.3 Å². The van der Waals surface area contributed by atoms with E-state index in [2.05, 4.69) is 15.7 Å². The summed E-state index contributed by atoms with van der Waals surface area (Å²) in [6.07, 6.45) is -4.64. The van der Waals surface area contributed by atoms with Crippen LogP contribution < -0.4 is 10.6 Å². The summed E-state index contributed by atoms with van der Waals surface area (Å²) in [7, 11) is 1.51. The second kappa shape index (κ2) is 8.46. The van der Waals surface area contributed by atoms with Crippen molar-refractivity contribution in [2.45, 2.75) is 25.2 Å². The molecule has 1 aliphatic rings. The van der Waals surface area contributed by atoms with E-state index in [0.717, 1.165) is 17.7 Å². The quantitative estimate of drug-likeness (QED) is 0.617. The number of anilines is 2. The van der Waals surface area contributed by atoms with Crippen molar-refractivity contribution in [1.29, 1.82) is 0 Å². The van der Waals surface area contributed by atoms with Crippen LogP contribution in [0.4, 0.5) is 24.7 Å². The molecule has 0 saturated heterocycles. The van der Waals surface area contributed by atoms with E-state index in [0.29, 0.717) is 17.1 Å². The number of ether oxygens (including phenoxy) is 1. The van der Waals surface area contributed by atoms with Crippen LogP contribution in [0, 0.1) is 0 Å². The molecular formula is C22H19F3N4O3. The lowest BCUT2D eigenvalue weighted by molar-refractivity contribution is -0.137. The van der Waals surface area contributed by atoms with Crippen LogP contribution in [0.15, 0.2) is 54.6 Å². The number of alkyl halides is 3. The van der Waals surface area contributed by atoms with Gasteiger partial charge in [-0.25, -0.2) is 4.68 Å². The minimum atomic E-state index is -4.47. The average Bonchev–Trinajstić information content (AvgIpc) is 3.11. The van der Waals surface area contributed by atoms with Gasteiger partial charge in [0.05, 0.1) is 24.3 Å². The van der Waals surface area contributed by atoms with Gasteiger partial charge >= 0.3 is 6.18 Å². The number of rotatable bonds is 5. The van der Waals surface area contributed by atoms with Crippen molar-refractivity contribution >= 4 is 23.3 Å². The molecule has 4 rings (SSSR count). The van der Waals surface area contributed by atoms with Gasteiger partial charge in [0.1, 0.15) is 11.9 Å². The molecule has 32 heavy (non-hydrogen) atoms. The minimum Gasteiger partial charge on any atom is -0.378 e. The highest BCUT2D eigenvalue weighted by Crippen LogP contribution is 2.37. The molecule has 3 aromatic rings. The highest BCUT2D eigenvalue weighted by molar-refractivity contribution is 6.03. The molecule has 0 aliphatic carbocycles. The van der Waals surface area contributed by atoms with Crippen LogP contribution in [-0.2, 0) is 27.1 Å². The first-order valence-electron chi connectivity index (χ1n) is 9.71. The Balaban J connectivity index is 1.67. The van der Waals surface area contributed by atoms with E-state index in [1.54, 1.807) is 0 Å². The summed E-state index contributed by atoms with van der Waals surface area (Å²) in [5.74, 6) is -0.565. The molecule has 166 valence electrons. The zero-order valence-corrected chi connectivity index (χ0v) is 16.9. The zero-order chi connectivity index (χ0) is 22.9. The molecule has 2 N–H and O–H groups in total. The molecule has 7 nitrogen and oxygen atoms in total. The average molecular weight is 444 g/mol. The molecule has 1 atom stereocenters. The predicted molar refractivity (Wildman–Crippen MR) is 111 cm³/mol. The predicted octanol–water partition coefficient (Wildman–Crippen LogP) is 4.24. The molecule has 0 spiro atoms. The number of methoxy groups -OCH3 is 1. The molecule has 2 aromatic carbocycles. The maximum absolute atomic E-state index is 13.0. The molecule has 2 amide bonds. The SMILES string of the molecule is COCc1nn2c(c1-c1ccccc1)NC(=O)C[C@H]2C(=O)Nc1ccc(C(F)(F)F)cc1. The summed E-state index contributed by atoms with van der Waals surface area (Å²) in [5.41, 5.74) is 1.35. The summed E-state index contributed by atoms with van der Waals surface area (Å²) in [5, 5.41) is 9.86. The summed E-state index contributed by atoms with van der Waals surface area (Å²) in [6.45, 7) is 0.160. The van der Waals surface area contributed by atoms with Gasteiger partial charge in [-0.05, 0) is 29.8 Å². The number of fused-ring (bicyclic) bond motifs is 1. The maximum Gasteiger partial charge on any atom is 0.416 e. The number of hydrogen-bond donors (Lipinski definition) is 2. The van der Waals surface area contributed by atoms with Crippen LogP contribution in [0.2, 0.25) is 0 Å². The molecule has 1 aromatic heterocycles. The van der Waals surface area contributed by atoms with Gasteiger partial charge < -0.3 is 15.4 Å². The van der Waals surface area contributed by atoms with Gasteiger partial charge in [0.2, 0.25) is 11.8 Å². The summed E-state index contributed by atoms with van der Waals surface area (Å²) >= 11 is 0. The molecule has 1 aliphatic heterocycles. The van der Waals surface area contributed by atoms with Crippen molar-refractivity contribution in [3.05, 3.63) is 65.9 Å². The van der Waals surface area contributed by atoms with Crippen LogP contribution in [0.5, 0.6) is 0 Å². The number of amides is 2. The van der Waals surface area contributed by atoms with Crippen molar-refractivity contribution in [3.63, 3.8) is 0 Å². The summed E-state index contributed by atoms with van der Waals surface area (Å²) in [4.78, 5) is 25.4. The number of carbonyl (C=O) groups excluding carboxylic acids is 2. The summed E-state index contributed by atoms with van der Waals surface area (Å²) in [6, 6.07) is 12.4. The van der Waals surface area contributed by atoms with Crippen LogP contribution in [0.3, 0.4) is 0 Å². The fraction of sp³-hybridized carbons (Fsp3) is 0.227. The molecule has 0 radical (unpaired) electrons. The minimum absolute atomic E-state index is 0.160. The van der Waals surface area contributed by atoms with Crippen LogP contribution in [-0.4, -0.2) is 28.7 Å². The fourth-order valence-corrected chi connectivity index (χ4v) is 3.59. The Labute approximate surface area is 181 Å². The highest BCUT2D eigenvalue weighted by Gasteiger charge is 2.35. The fourth-order valence-electron chi connectivity index (χ4n) is 3.59. The van der Waals surface area contributed by atoms with Crippen molar-refractivity contribution < 1.29 is 27.5 Å². The smallest absolute Gasteiger partial charge is 0.378 e. The lowest BCUT2D eigenvalue weighted by atomic mass is 10.0. The van der Waals surface area contributed by atoms with Gasteiger partial charge in [0.15, 0.2) is 0 Å². The van der Waals surface area contributed by atoms with Crippen molar-refractivity contribution in [2.75, 3.05) is 17.7 Å². The Morgan fingerprint density at radius 2 is 1.88 bits per heavy atom. The van der Waals surface area contributed by atoms with Gasteiger partial charge in [-0.3, -0.25) is 9.59 Å². The Hall–Kier alpha value is -3.66. The van der Waals surface area contributed by atoms with E-state index in [1.165, 1.54) is 23.9 Å². The normalized spacial score (nSPS) is 15.8. The van der Waals surface area contributed by atoms with Crippen molar-refractivity contribution in [3.8, 4) is 11.1 Å². The second-order valence-electron chi connectivity index (χ2n) is 7.25. The Morgan fingerprint density at radius 1 is 1.19 bits per heavy atom. The topological polar surface area (TPSA) is 85.2 Å². The van der Waals surface area contributed by atoms with Crippen LogP contribution in [0.25, 0.3) is 11.1 Å². The number of benzene rings is 2. The maximum atomic E-state index is 13.0. The first-order valence-corrected chi connectivity index (χ1v) is 9.71. The van der Waals surface area contributed by atoms with Crippen LogP contribution in [0.1, 0.15) is 23.7 Å². The van der Waals surface area contributed by atoms with Crippen molar-refractivity contribution in [2.24, 2.45) is 0 Å². The van der Waals surface area contributed by atoms with Gasteiger partial charge in [-0.1, -0.05) is 30.3 Å². The number of nitrogens with zero attached hydrogens (tertiary/aromatic N) is 2. The highest BCUT2D eigenvalue weighted by atomic mass is 19.4. The first kappa shape index (κ1) is 21.6. The third kappa shape index (κ3) is 4.22. The monoisotopic (exact) mass is 444 g/mol. The number of carbonyl (C=O) groups is 2. The Morgan fingerprint density at radius 3 is 2.50 bits per heavy atom. The third-order valence-corrected chi connectivity index (χ3v) is 5.04. The van der Waals surface area contributed by atoms with E-state index in [9.17, 15) is 22.8 Å². The van der Waals surface area contributed by atoms with Gasteiger partial charge in [0.25, 0.3) is 0 Å². The van der Waals surface area contributed by atoms with E-state index in [4.69, 9.17) is 4.74 Å². The zero-order valence-electron chi connectivity index (χ0n) is 16.9. The summed E-state index contributed by atoms with van der Waals surface area (Å²) < 4.78 is 45.0. The molecule has 0 saturated carbocycles. The van der Waals surface area contributed by atoms with Crippen LogP contribution >= 0.6 is 0 Å². The third-order valence-electron chi connectivity index (χ3n) is 5.04. The first-order chi connectivity index (χ1) is 15.3. The van der Waals surface area contributed by atoms with E-state index in [-0.39, 0.29) is 24.6 Å². The number of halogens is 3. The Kier molecular flexibility index (Phi) is 5.70. The second-order valence-corrected chi connectivity index (χ2v) is 7.25. The molecule has 0 unspecified atom stereocenters. The lowest BCUT2D eigenvalue weighted by Crippen LogP contribution is -2.35. The van der Waals surface area contributed by atoms with E-state index < -0.39 is 23.7 Å². The molecule has 10 heteroatoms. The Bertz CT molecular complexity index is 1140. The van der Waals surface area contributed by atoms with Gasteiger partial charge in [-0.2, -0.15) is 18.3 Å². The van der Waals surface area contributed by atoms with Gasteiger partial charge in [-0.15, -0.1) is 0 Å². The molecular weight excluding hydrogens is 425 g/mol. The molecule has 0 fully saturated rings. The number of nitrogens with one attached hydrogen (secondary N) is 2. The van der Waals surface area contributed by atoms with Gasteiger partial charge in [0, 0.05) is 18.4 Å². The largest absolute Gasteiger partial charge is 0.416 e. The van der Waals surface area contributed by atoms with E-state index >= 15 is 0 Å². The number of aromatic nitrogens is 2. The molecule has 0 bridgehead atoms. The molecule has 2 heterocycles. The van der Waals surface area contributed by atoms with Crippen molar-refractivity contribution in [1.82, 2.24) is 9.78 Å².